The zero-order chi connectivity index (χ0) is 19.7. The number of rotatable bonds is 6. The normalized spacial score (nSPS) is 10.9. The molecule has 3 heterocycles. The molecular weight excluding hydrogens is 376 g/mol. The summed E-state index contributed by atoms with van der Waals surface area (Å²) < 4.78 is 12.7. The van der Waals surface area contributed by atoms with E-state index >= 15 is 0 Å². The van der Waals surface area contributed by atoms with Crippen molar-refractivity contribution in [2.45, 2.75) is 13.5 Å². The maximum atomic E-state index is 11.9. The number of methoxy groups -OCH3 is 1. The van der Waals surface area contributed by atoms with Crippen molar-refractivity contribution in [3.05, 3.63) is 64.8 Å². The van der Waals surface area contributed by atoms with Crippen molar-refractivity contribution in [1.29, 1.82) is 0 Å². The van der Waals surface area contributed by atoms with Crippen molar-refractivity contribution >= 4 is 17.2 Å². The lowest BCUT2D eigenvalue weighted by Gasteiger charge is -2.13. The largest absolute Gasteiger partial charge is 0.496 e. The highest BCUT2D eigenvalue weighted by atomic mass is 32.1. The average molecular weight is 394 g/mol. The number of thiazole rings is 1. The second-order valence-electron chi connectivity index (χ2n) is 6.21. The lowest BCUT2D eigenvalue weighted by Crippen LogP contribution is -2.13. The van der Waals surface area contributed by atoms with Crippen molar-refractivity contribution in [3.63, 3.8) is 0 Å². The molecule has 0 saturated heterocycles. The summed E-state index contributed by atoms with van der Waals surface area (Å²) in [4.78, 5) is 16.6. The number of primary amides is 1. The van der Waals surface area contributed by atoms with Gasteiger partial charge in [0.15, 0.2) is 10.8 Å². The van der Waals surface area contributed by atoms with E-state index in [1.807, 2.05) is 41.1 Å². The average Bonchev–Trinajstić information content (AvgIpc) is 3.43. The summed E-state index contributed by atoms with van der Waals surface area (Å²) in [6.07, 6.45) is 1.58. The fourth-order valence-corrected chi connectivity index (χ4v) is 3.91. The molecule has 4 aromatic rings. The van der Waals surface area contributed by atoms with Crippen LogP contribution in [0.3, 0.4) is 0 Å². The highest BCUT2D eigenvalue weighted by Gasteiger charge is 2.20. The number of aromatic nitrogens is 3. The summed E-state index contributed by atoms with van der Waals surface area (Å²) in [6, 6.07) is 11.3. The van der Waals surface area contributed by atoms with Crippen LogP contribution in [0.2, 0.25) is 0 Å². The number of carbonyl (C=O) groups excluding carboxylic acids is 1. The maximum Gasteiger partial charge on any atom is 0.250 e. The van der Waals surface area contributed by atoms with Crippen molar-refractivity contribution in [2.24, 2.45) is 5.73 Å². The minimum atomic E-state index is -0.469. The highest BCUT2D eigenvalue weighted by molar-refractivity contribution is 7.13. The Labute approximate surface area is 165 Å². The Morgan fingerprint density at radius 2 is 2.14 bits per heavy atom. The molecule has 3 aromatic heterocycles. The number of carbonyl (C=O) groups is 1. The molecule has 0 spiro atoms. The Hall–Kier alpha value is -3.39. The van der Waals surface area contributed by atoms with Crippen molar-refractivity contribution in [1.82, 2.24) is 14.7 Å². The van der Waals surface area contributed by atoms with Crippen molar-refractivity contribution < 1.29 is 14.1 Å². The molecule has 0 aliphatic rings. The molecular formula is C20H18N4O3S. The Morgan fingerprint density at radius 1 is 1.32 bits per heavy atom. The second-order valence-corrected chi connectivity index (χ2v) is 7.06. The predicted octanol–water partition coefficient (Wildman–Crippen LogP) is 3.73. The summed E-state index contributed by atoms with van der Waals surface area (Å²) in [7, 11) is 1.64. The molecule has 1 amide bonds. The van der Waals surface area contributed by atoms with Gasteiger partial charge in [0, 0.05) is 22.7 Å². The van der Waals surface area contributed by atoms with Gasteiger partial charge in [-0.2, -0.15) is 0 Å². The van der Waals surface area contributed by atoms with Gasteiger partial charge in [-0.3, -0.25) is 4.79 Å². The first-order chi connectivity index (χ1) is 13.6. The Morgan fingerprint density at radius 3 is 2.86 bits per heavy atom. The van der Waals surface area contributed by atoms with E-state index in [4.69, 9.17) is 15.0 Å². The number of hydrogen-bond donors (Lipinski definition) is 1. The lowest BCUT2D eigenvalue weighted by atomic mass is 10.2. The topological polar surface area (TPSA) is 96.2 Å². The van der Waals surface area contributed by atoms with Gasteiger partial charge in [-0.25, -0.2) is 4.98 Å². The van der Waals surface area contributed by atoms with Gasteiger partial charge < -0.3 is 19.6 Å². The Balaban J connectivity index is 1.81. The zero-order valence-corrected chi connectivity index (χ0v) is 16.2. The first kappa shape index (κ1) is 18.0. The standard InChI is InChI=1S/C20H18N4O3S/c1-12-14(19(21)25)9-16(15-11-28-20(23-15)18-7-8-22-27-18)24(12)10-13-5-3-4-6-17(13)26-2/h3-9,11H,10H2,1-2H3,(H2,21,25). The van der Waals surface area contributed by atoms with E-state index in [1.165, 1.54) is 11.3 Å². The van der Waals surface area contributed by atoms with Crippen molar-refractivity contribution in [2.75, 3.05) is 7.11 Å². The fourth-order valence-electron chi connectivity index (χ4n) is 3.15. The molecule has 0 saturated carbocycles. The number of nitrogens with zero attached hydrogens (tertiary/aromatic N) is 3. The van der Waals surface area contributed by atoms with E-state index < -0.39 is 5.91 Å². The molecule has 1 aromatic carbocycles. The van der Waals surface area contributed by atoms with Crippen LogP contribution in [0.25, 0.3) is 22.2 Å². The minimum absolute atomic E-state index is 0.469. The third-order valence-electron chi connectivity index (χ3n) is 4.57. The quantitative estimate of drug-likeness (QED) is 0.537. The van der Waals surface area contributed by atoms with E-state index in [2.05, 4.69) is 10.1 Å². The first-order valence-electron chi connectivity index (χ1n) is 8.57. The van der Waals surface area contributed by atoms with Crippen LogP contribution >= 0.6 is 11.3 Å². The van der Waals surface area contributed by atoms with Crippen LogP contribution in [0, 0.1) is 6.92 Å². The molecule has 28 heavy (non-hydrogen) atoms. The highest BCUT2D eigenvalue weighted by Crippen LogP contribution is 2.32. The predicted molar refractivity (Wildman–Crippen MR) is 106 cm³/mol. The van der Waals surface area contributed by atoms with Gasteiger partial charge >= 0.3 is 0 Å². The summed E-state index contributed by atoms with van der Waals surface area (Å²) in [5.41, 5.74) is 9.38. The van der Waals surface area contributed by atoms with Crippen LogP contribution < -0.4 is 10.5 Å². The molecule has 0 radical (unpaired) electrons. The van der Waals surface area contributed by atoms with Crippen LogP contribution in [-0.2, 0) is 6.54 Å². The Kier molecular flexibility index (Phi) is 4.70. The molecule has 0 fully saturated rings. The van der Waals surface area contributed by atoms with Crippen LogP contribution in [-0.4, -0.2) is 27.7 Å². The molecule has 0 aliphatic heterocycles. The van der Waals surface area contributed by atoms with E-state index in [-0.39, 0.29) is 0 Å². The van der Waals surface area contributed by atoms with E-state index in [1.54, 1.807) is 25.4 Å². The second kappa shape index (κ2) is 7.32. The molecule has 7 nitrogen and oxygen atoms in total. The number of amides is 1. The molecule has 2 N–H and O–H groups in total. The molecule has 0 aliphatic carbocycles. The zero-order valence-electron chi connectivity index (χ0n) is 15.4. The number of nitrogens with two attached hydrogens (primary N) is 1. The first-order valence-corrected chi connectivity index (χ1v) is 9.45. The minimum Gasteiger partial charge on any atom is -0.496 e. The Bertz CT molecular complexity index is 1130. The molecule has 0 atom stereocenters. The van der Waals surface area contributed by atoms with Gasteiger partial charge in [0.05, 0.1) is 36.8 Å². The van der Waals surface area contributed by atoms with Gasteiger partial charge in [0.1, 0.15) is 5.75 Å². The monoisotopic (exact) mass is 394 g/mol. The van der Waals surface area contributed by atoms with E-state index in [9.17, 15) is 4.79 Å². The summed E-state index contributed by atoms with van der Waals surface area (Å²) in [5.74, 6) is 0.914. The van der Waals surface area contributed by atoms with Crippen LogP contribution in [0.15, 0.2) is 52.5 Å². The number of hydrogen-bond acceptors (Lipinski definition) is 6. The van der Waals surface area contributed by atoms with Crippen LogP contribution in [0.5, 0.6) is 5.75 Å². The van der Waals surface area contributed by atoms with Gasteiger partial charge in [-0.1, -0.05) is 23.4 Å². The SMILES string of the molecule is COc1ccccc1Cn1c(-c2csc(-c3ccno3)n2)cc(C(N)=O)c1C. The third kappa shape index (κ3) is 3.18. The van der Waals surface area contributed by atoms with E-state index in [0.717, 1.165) is 33.4 Å². The fraction of sp³-hybridized carbons (Fsp3) is 0.150. The molecule has 4 rings (SSSR count). The lowest BCUT2D eigenvalue weighted by molar-refractivity contribution is 0.0999. The van der Waals surface area contributed by atoms with Crippen molar-refractivity contribution in [3.8, 4) is 27.9 Å². The third-order valence-corrected chi connectivity index (χ3v) is 5.43. The maximum absolute atomic E-state index is 11.9. The van der Waals surface area contributed by atoms with Crippen LogP contribution in [0.1, 0.15) is 21.6 Å². The van der Waals surface area contributed by atoms with E-state index in [0.29, 0.717) is 17.9 Å². The van der Waals surface area contributed by atoms with Gasteiger partial charge in [-0.05, 0) is 19.1 Å². The summed E-state index contributed by atoms with van der Waals surface area (Å²) in [5, 5.41) is 6.37. The van der Waals surface area contributed by atoms with Gasteiger partial charge in [0.2, 0.25) is 0 Å². The molecule has 0 bridgehead atoms. The smallest absolute Gasteiger partial charge is 0.250 e. The number of para-hydroxylation sites is 1. The molecule has 142 valence electrons. The number of ether oxygens (including phenoxy) is 1. The van der Waals surface area contributed by atoms with Gasteiger partial charge in [0.25, 0.3) is 5.91 Å². The van der Waals surface area contributed by atoms with Crippen LogP contribution in [0.4, 0.5) is 0 Å². The summed E-state index contributed by atoms with van der Waals surface area (Å²) in [6.45, 7) is 2.40. The molecule has 0 unspecified atom stereocenters. The molecule has 8 heteroatoms. The summed E-state index contributed by atoms with van der Waals surface area (Å²) >= 11 is 1.45. The van der Waals surface area contributed by atoms with Gasteiger partial charge in [-0.15, -0.1) is 11.3 Å². The number of benzene rings is 1.